The Kier molecular flexibility index (Phi) is 5.29. The Bertz CT molecular complexity index is 749. The topological polar surface area (TPSA) is 42.0 Å². The monoisotopic (exact) mass is 334 g/mol. The number of aromatic nitrogens is 1. The molecule has 0 fully saturated rings. The lowest BCUT2D eigenvalue weighted by Crippen LogP contribution is -2.29. The molecule has 2 aromatic carbocycles. The van der Waals surface area contributed by atoms with Gasteiger partial charge in [0.05, 0.1) is 6.04 Å². The predicted molar refractivity (Wildman–Crippen MR) is 98.2 cm³/mol. The van der Waals surface area contributed by atoms with E-state index in [1.54, 1.807) is 24.2 Å². The van der Waals surface area contributed by atoms with E-state index in [0.29, 0.717) is 5.56 Å². The van der Waals surface area contributed by atoms with Crippen molar-refractivity contribution >= 4 is 17.7 Å². The minimum absolute atomic E-state index is 0.0895. The van der Waals surface area contributed by atoms with Crippen LogP contribution in [0, 0.1) is 0 Å². The van der Waals surface area contributed by atoms with Crippen molar-refractivity contribution in [3.8, 4) is 0 Å². The first-order valence-electron chi connectivity index (χ1n) is 7.67. The number of benzene rings is 2. The number of nitrogens with one attached hydrogen (secondary N) is 1. The van der Waals surface area contributed by atoms with Gasteiger partial charge in [-0.2, -0.15) is 0 Å². The summed E-state index contributed by atoms with van der Waals surface area (Å²) in [4.78, 5) is 17.9. The van der Waals surface area contributed by atoms with Crippen LogP contribution in [0.25, 0.3) is 0 Å². The largest absolute Gasteiger partial charge is 0.341 e. The van der Waals surface area contributed by atoms with Crippen molar-refractivity contribution in [2.75, 3.05) is 6.26 Å². The van der Waals surface area contributed by atoms with E-state index >= 15 is 0 Å². The number of rotatable bonds is 5. The summed E-state index contributed by atoms with van der Waals surface area (Å²) in [5.74, 6) is -0.0895. The maximum absolute atomic E-state index is 12.7. The minimum Gasteiger partial charge on any atom is -0.341 e. The predicted octanol–water partition coefficient (Wildman–Crippen LogP) is 4.32. The van der Waals surface area contributed by atoms with Gasteiger partial charge < -0.3 is 5.32 Å². The lowest BCUT2D eigenvalue weighted by Gasteiger charge is -2.20. The van der Waals surface area contributed by atoms with Gasteiger partial charge in [-0.05, 0) is 53.8 Å². The molecule has 0 saturated heterocycles. The molecule has 3 nitrogen and oxygen atoms in total. The third-order valence-electron chi connectivity index (χ3n) is 3.80. The standard InChI is InChI=1S/C20H18N2OS/c1-24-18-9-7-17(8-10-18)20(23)22-19(15-5-3-2-4-6-15)16-11-13-21-14-12-16/h2-14,19H,1H3,(H,22,23). The van der Waals surface area contributed by atoms with E-state index in [1.807, 2.05) is 73.0 Å². The third kappa shape index (κ3) is 3.84. The number of hydrogen-bond donors (Lipinski definition) is 1. The Labute approximate surface area is 146 Å². The van der Waals surface area contributed by atoms with Crippen molar-refractivity contribution in [1.29, 1.82) is 0 Å². The van der Waals surface area contributed by atoms with Crippen LogP contribution in [0.3, 0.4) is 0 Å². The highest BCUT2D eigenvalue weighted by Gasteiger charge is 2.17. The Hall–Kier alpha value is -2.59. The van der Waals surface area contributed by atoms with Crippen LogP contribution in [0.5, 0.6) is 0 Å². The highest BCUT2D eigenvalue weighted by molar-refractivity contribution is 7.98. The molecule has 4 heteroatoms. The van der Waals surface area contributed by atoms with Crippen molar-refractivity contribution in [3.05, 3.63) is 95.8 Å². The van der Waals surface area contributed by atoms with Gasteiger partial charge in [-0.25, -0.2) is 0 Å². The molecule has 0 aliphatic rings. The first kappa shape index (κ1) is 16.3. The van der Waals surface area contributed by atoms with Crippen molar-refractivity contribution in [1.82, 2.24) is 10.3 Å². The fourth-order valence-electron chi connectivity index (χ4n) is 2.52. The van der Waals surface area contributed by atoms with Crippen molar-refractivity contribution < 1.29 is 4.79 Å². The summed E-state index contributed by atoms with van der Waals surface area (Å²) in [6.07, 6.45) is 5.50. The molecule has 0 aliphatic carbocycles. The van der Waals surface area contributed by atoms with Gasteiger partial charge in [0.1, 0.15) is 0 Å². The first-order valence-corrected chi connectivity index (χ1v) is 8.90. The molecule has 0 spiro atoms. The molecule has 1 aromatic heterocycles. The molecule has 3 rings (SSSR count). The molecule has 1 unspecified atom stereocenters. The van der Waals surface area contributed by atoms with Crippen LogP contribution in [0.15, 0.2) is 84.0 Å². The zero-order valence-electron chi connectivity index (χ0n) is 13.3. The van der Waals surface area contributed by atoms with Crippen molar-refractivity contribution in [3.63, 3.8) is 0 Å². The van der Waals surface area contributed by atoms with Gasteiger partial charge >= 0.3 is 0 Å². The van der Waals surface area contributed by atoms with Crippen LogP contribution in [-0.2, 0) is 0 Å². The Morgan fingerprint density at radius 2 is 1.54 bits per heavy atom. The fourth-order valence-corrected chi connectivity index (χ4v) is 2.93. The van der Waals surface area contributed by atoms with Gasteiger partial charge in [-0.15, -0.1) is 11.8 Å². The van der Waals surface area contributed by atoms with E-state index in [0.717, 1.165) is 16.0 Å². The van der Waals surface area contributed by atoms with Gasteiger partial charge in [0.15, 0.2) is 0 Å². The van der Waals surface area contributed by atoms with Gasteiger partial charge in [0.25, 0.3) is 5.91 Å². The summed E-state index contributed by atoms with van der Waals surface area (Å²) in [5, 5.41) is 3.13. The number of nitrogens with zero attached hydrogens (tertiary/aromatic N) is 1. The summed E-state index contributed by atoms with van der Waals surface area (Å²) in [6.45, 7) is 0. The molecule has 1 heterocycles. The second-order valence-corrected chi connectivity index (χ2v) is 6.21. The molecule has 24 heavy (non-hydrogen) atoms. The van der Waals surface area contributed by atoms with Crippen molar-refractivity contribution in [2.24, 2.45) is 0 Å². The molecule has 0 saturated carbocycles. The zero-order chi connectivity index (χ0) is 16.8. The highest BCUT2D eigenvalue weighted by atomic mass is 32.2. The number of hydrogen-bond acceptors (Lipinski definition) is 3. The summed E-state index contributed by atoms with van der Waals surface area (Å²) < 4.78 is 0. The molecule has 1 amide bonds. The molecule has 1 atom stereocenters. The van der Waals surface area contributed by atoms with Crippen LogP contribution in [0.2, 0.25) is 0 Å². The zero-order valence-corrected chi connectivity index (χ0v) is 14.2. The van der Waals surface area contributed by atoms with E-state index in [9.17, 15) is 4.79 Å². The Balaban J connectivity index is 1.87. The first-order chi connectivity index (χ1) is 11.8. The second kappa shape index (κ2) is 7.79. The quantitative estimate of drug-likeness (QED) is 0.707. The second-order valence-electron chi connectivity index (χ2n) is 5.33. The maximum atomic E-state index is 12.7. The Morgan fingerprint density at radius 3 is 2.17 bits per heavy atom. The van der Waals surface area contributed by atoms with Crippen LogP contribution < -0.4 is 5.32 Å². The molecule has 0 aliphatic heterocycles. The summed E-state index contributed by atoms with van der Waals surface area (Å²) >= 11 is 1.66. The maximum Gasteiger partial charge on any atom is 0.252 e. The fraction of sp³-hybridized carbons (Fsp3) is 0.100. The number of carbonyl (C=O) groups excluding carboxylic acids is 1. The summed E-state index contributed by atoms with van der Waals surface area (Å²) in [7, 11) is 0. The average molecular weight is 334 g/mol. The molecule has 120 valence electrons. The third-order valence-corrected chi connectivity index (χ3v) is 4.54. The van der Waals surface area contributed by atoms with Crippen LogP contribution in [0.1, 0.15) is 27.5 Å². The number of amides is 1. The van der Waals surface area contributed by atoms with E-state index in [1.165, 1.54) is 0 Å². The van der Waals surface area contributed by atoms with Gasteiger partial charge in [0, 0.05) is 22.9 Å². The molecular weight excluding hydrogens is 316 g/mol. The highest BCUT2D eigenvalue weighted by Crippen LogP contribution is 2.22. The minimum atomic E-state index is -0.207. The lowest BCUT2D eigenvalue weighted by molar-refractivity contribution is 0.0943. The average Bonchev–Trinajstić information content (AvgIpc) is 2.67. The number of thioether (sulfide) groups is 1. The van der Waals surface area contributed by atoms with Crippen LogP contribution >= 0.6 is 11.8 Å². The lowest BCUT2D eigenvalue weighted by atomic mass is 9.99. The normalized spacial score (nSPS) is 11.7. The van der Waals surface area contributed by atoms with E-state index in [2.05, 4.69) is 10.3 Å². The molecule has 1 N–H and O–H groups in total. The van der Waals surface area contributed by atoms with Gasteiger partial charge in [-0.1, -0.05) is 30.3 Å². The summed E-state index contributed by atoms with van der Waals surface area (Å²) in [6, 6.07) is 21.2. The molecular formula is C20H18N2OS. The van der Waals surface area contributed by atoms with E-state index < -0.39 is 0 Å². The number of carbonyl (C=O) groups is 1. The molecule has 0 radical (unpaired) electrons. The van der Waals surface area contributed by atoms with Gasteiger partial charge in [0.2, 0.25) is 0 Å². The smallest absolute Gasteiger partial charge is 0.252 e. The van der Waals surface area contributed by atoms with Gasteiger partial charge in [-0.3, -0.25) is 9.78 Å². The van der Waals surface area contributed by atoms with Crippen LogP contribution in [-0.4, -0.2) is 17.1 Å². The SMILES string of the molecule is CSc1ccc(C(=O)NC(c2ccccc2)c2ccncc2)cc1. The van der Waals surface area contributed by atoms with E-state index in [4.69, 9.17) is 0 Å². The van der Waals surface area contributed by atoms with Crippen LogP contribution in [0.4, 0.5) is 0 Å². The van der Waals surface area contributed by atoms with Crippen molar-refractivity contribution in [2.45, 2.75) is 10.9 Å². The Morgan fingerprint density at radius 1 is 0.917 bits per heavy atom. The molecule has 0 bridgehead atoms. The molecule has 3 aromatic rings. The number of pyridine rings is 1. The summed E-state index contributed by atoms with van der Waals surface area (Å²) in [5.41, 5.74) is 2.70. The van der Waals surface area contributed by atoms with E-state index in [-0.39, 0.29) is 11.9 Å².